The van der Waals surface area contributed by atoms with Crippen molar-refractivity contribution in [3.05, 3.63) is 59.4 Å². The van der Waals surface area contributed by atoms with Gasteiger partial charge in [-0.05, 0) is 35.9 Å². The number of carbonyl (C=O) groups excluding carboxylic acids is 1. The maximum Gasteiger partial charge on any atom is 0.337 e. The highest BCUT2D eigenvalue weighted by Crippen LogP contribution is 2.25. The normalized spacial score (nSPS) is 10.3. The standard InChI is InChI=1S/C15H14FNO2S/c1-19-15(18)11-4-2-10(3-5-11)9-20-12-6-7-14(17)13(16)8-12/h2-8H,9,17H2,1H3. The Kier molecular flexibility index (Phi) is 4.63. The molecule has 0 aliphatic carbocycles. The molecular weight excluding hydrogens is 277 g/mol. The maximum absolute atomic E-state index is 13.3. The number of methoxy groups -OCH3 is 1. The fraction of sp³-hybridized carbons (Fsp3) is 0.133. The third-order valence-electron chi connectivity index (χ3n) is 2.75. The van der Waals surface area contributed by atoms with E-state index in [-0.39, 0.29) is 11.7 Å². The molecule has 0 aromatic heterocycles. The van der Waals surface area contributed by atoms with Crippen molar-refractivity contribution < 1.29 is 13.9 Å². The van der Waals surface area contributed by atoms with Crippen LogP contribution in [0, 0.1) is 5.82 Å². The molecule has 0 aliphatic heterocycles. The van der Waals surface area contributed by atoms with Gasteiger partial charge >= 0.3 is 5.97 Å². The lowest BCUT2D eigenvalue weighted by molar-refractivity contribution is 0.0600. The van der Waals surface area contributed by atoms with Crippen LogP contribution in [0.25, 0.3) is 0 Å². The van der Waals surface area contributed by atoms with Gasteiger partial charge in [-0.15, -0.1) is 11.8 Å². The summed E-state index contributed by atoms with van der Waals surface area (Å²) >= 11 is 1.50. The lowest BCUT2D eigenvalue weighted by Gasteiger charge is -2.05. The molecule has 0 bridgehead atoms. The van der Waals surface area contributed by atoms with Crippen molar-refractivity contribution in [3.8, 4) is 0 Å². The summed E-state index contributed by atoms with van der Waals surface area (Å²) < 4.78 is 17.9. The second-order valence-corrected chi connectivity index (χ2v) is 5.21. The van der Waals surface area contributed by atoms with Crippen LogP contribution in [0.15, 0.2) is 47.4 Å². The number of nitrogens with two attached hydrogens (primary N) is 1. The highest BCUT2D eigenvalue weighted by atomic mass is 32.2. The van der Waals surface area contributed by atoms with Gasteiger partial charge in [-0.3, -0.25) is 0 Å². The highest BCUT2D eigenvalue weighted by Gasteiger charge is 2.05. The molecule has 0 atom stereocenters. The molecule has 3 nitrogen and oxygen atoms in total. The van der Waals surface area contributed by atoms with E-state index >= 15 is 0 Å². The lowest BCUT2D eigenvalue weighted by Crippen LogP contribution is -2.00. The minimum Gasteiger partial charge on any atom is -0.465 e. The predicted octanol–water partition coefficient (Wildman–Crippen LogP) is 3.49. The van der Waals surface area contributed by atoms with Gasteiger partial charge in [0.2, 0.25) is 0 Å². The largest absolute Gasteiger partial charge is 0.465 e. The molecule has 0 heterocycles. The summed E-state index contributed by atoms with van der Waals surface area (Å²) in [6, 6.07) is 11.9. The lowest BCUT2D eigenvalue weighted by atomic mass is 10.1. The van der Waals surface area contributed by atoms with Crippen molar-refractivity contribution in [2.45, 2.75) is 10.6 Å². The zero-order chi connectivity index (χ0) is 14.5. The van der Waals surface area contributed by atoms with E-state index < -0.39 is 5.82 Å². The van der Waals surface area contributed by atoms with Crippen LogP contribution in [-0.2, 0) is 10.5 Å². The van der Waals surface area contributed by atoms with Gasteiger partial charge in [-0.1, -0.05) is 12.1 Å². The predicted molar refractivity (Wildman–Crippen MR) is 78.2 cm³/mol. The van der Waals surface area contributed by atoms with Gasteiger partial charge in [0.1, 0.15) is 5.82 Å². The summed E-state index contributed by atoms with van der Waals surface area (Å²) in [7, 11) is 1.35. The molecule has 0 saturated heterocycles. The number of thioether (sulfide) groups is 1. The Hall–Kier alpha value is -2.01. The van der Waals surface area contributed by atoms with E-state index in [1.165, 1.54) is 24.9 Å². The van der Waals surface area contributed by atoms with Crippen molar-refractivity contribution in [1.29, 1.82) is 0 Å². The molecule has 2 N–H and O–H groups in total. The summed E-state index contributed by atoms with van der Waals surface area (Å²) in [6.07, 6.45) is 0. The van der Waals surface area contributed by atoms with Crippen LogP contribution in [0.3, 0.4) is 0 Å². The number of carbonyl (C=O) groups is 1. The first kappa shape index (κ1) is 14.4. The van der Waals surface area contributed by atoms with E-state index in [1.54, 1.807) is 24.3 Å². The zero-order valence-corrected chi connectivity index (χ0v) is 11.7. The monoisotopic (exact) mass is 291 g/mol. The number of benzene rings is 2. The Morgan fingerprint density at radius 2 is 1.95 bits per heavy atom. The molecule has 0 radical (unpaired) electrons. The van der Waals surface area contributed by atoms with Crippen molar-refractivity contribution in [3.63, 3.8) is 0 Å². The number of ether oxygens (including phenoxy) is 1. The molecule has 0 amide bonds. The molecule has 2 rings (SSSR count). The number of esters is 1. The van der Waals surface area contributed by atoms with Crippen molar-refractivity contribution in [2.75, 3.05) is 12.8 Å². The average molecular weight is 291 g/mol. The van der Waals surface area contributed by atoms with Gasteiger partial charge in [0.25, 0.3) is 0 Å². The maximum atomic E-state index is 13.3. The van der Waals surface area contributed by atoms with Crippen LogP contribution in [0.5, 0.6) is 0 Å². The molecule has 0 unspecified atom stereocenters. The average Bonchev–Trinajstić information content (AvgIpc) is 2.48. The van der Waals surface area contributed by atoms with Gasteiger partial charge in [0.05, 0.1) is 18.4 Å². The van der Waals surface area contributed by atoms with E-state index in [9.17, 15) is 9.18 Å². The molecule has 0 aliphatic rings. The second kappa shape index (κ2) is 6.43. The van der Waals surface area contributed by atoms with E-state index in [4.69, 9.17) is 5.73 Å². The minimum absolute atomic E-state index is 0.150. The highest BCUT2D eigenvalue weighted by molar-refractivity contribution is 7.98. The first-order chi connectivity index (χ1) is 9.60. The molecule has 0 saturated carbocycles. The number of anilines is 1. The Bertz CT molecular complexity index is 614. The Balaban J connectivity index is 2.00. The first-order valence-corrected chi connectivity index (χ1v) is 6.94. The molecule has 20 heavy (non-hydrogen) atoms. The van der Waals surface area contributed by atoms with Crippen LogP contribution < -0.4 is 5.73 Å². The van der Waals surface area contributed by atoms with Gasteiger partial charge in [-0.25, -0.2) is 9.18 Å². The quantitative estimate of drug-likeness (QED) is 0.532. The smallest absolute Gasteiger partial charge is 0.337 e. The third-order valence-corrected chi connectivity index (χ3v) is 3.82. The Morgan fingerprint density at radius 1 is 1.25 bits per heavy atom. The van der Waals surface area contributed by atoms with Crippen LogP contribution in [-0.4, -0.2) is 13.1 Å². The van der Waals surface area contributed by atoms with Crippen LogP contribution in [0.1, 0.15) is 15.9 Å². The van der Waals surface area contributed by atoms with Crippen molar-refractivity contribution in [2.24, 2.45) is 0 Å². The number of rotatable bonds is 4. The summed E-state index contributed by atoms with van der Waals surface area (Å²) in [5.41, 5.74) is 7.13. The second-order valence-electron chi connectivity index (χ2n) is 4.16. The number of nitrogen functional groups attached to an aromatic ring is 1. The molecule has 104 valence electrons. The van der Waals surface area contributed by atoms with Crippen LogP contribution in [0.2, 0.25) is 0 Å². The van der Waals surface area contributed by atoms with Gasteiger partial charge in [-0.2, -0.15) is 0 Å². The fourth-order valence-electron chi connectivity index (χ4n) is 1.62. The molecular formula is C15H14FNO2S. The molecule has 5 heteroatoms. The molecule has 0 spiro atoms. The number of hydrogen-bond donors (Lipinski definition) is 1. The SMILES string of the molecule is COC(=O)c1ccc(CSc2ccc(N)c(F)c2)cc1. The van der Waals surface area contributed by atoms with Crippen LogP contribution in [0.4, 0.5) is 10.1 Å². The van der Waals surface area contributed by atoms with E-state index in [2.05, 4.69) is 4.74 Å². The molecule has 2 aromatic rings. The van der Waals surface area contributed by atoms with E-state index in [0.29, 0.717) is 11.3 Å². The molecule has 2 aromatic carbocycles. The molecule has 0 fully saturated rings. The first-order valence-electron chi connectivity index (χ1n) is 5.95. The summed E-state index contributed by atoms with van der Waals surface area (Å²) in [6.45, 7) is 0. The topological polar surface area (TPSA) is 52.3 Å². The Labute approximate surface area is 120 Å². The van der Waals surface area contributed by atoms with Gasteiger partial charge in [0.15, 0.2) is 0 Å². The van der Waals surface area contributed by atoms with Crippen molar-refractivity contribution >= 4 is 23.4 Å². The fourth-order valence-corrected chi connectivity index (χ4v) is 2.50. The van der Waals surface area contributed by atoms with Gasteiger partial charge < -0.3 is 10.5 Å². The number of hydrogen-bond acceptors (Lipinski definition) is 4. The summed E-state index contributed by atoms with van der Waals surface area (Å²) in [5, 5.41) is 0. The Morgan fingerprint density at radius 3 is 2.55 bits per heavy atom. The van der Waals surface area contributed by atoms with Crippen molar-refractivity contribution in [1.82, 2.24) is 0 Å². The van der Waals surface area contributed by atoms with E-state index in [0.717, 1.165) is 10.5 Å². The minimum atomic E-state index is -0.406. The summed E-state index contributed by atoms with van der Waals surface area (Å²) in [5.74, 6) is -0.0778. The van der Waals surface area contributed by atoms with E-state index in [1.807, 2.05) is 12.1 Å². The zero-order valence-electron chi connectivity index (χ0n) is 10.9. The summed E-state index contributed by atoms with van der Waals surface area (Å²) in [4.78, 5) is 12.1. The third kappa shape index (κ3) is 3.51. The van der Waals surface area contributed by atoms with Gasteiger partial charge in [0, 0.05) is 10.6 Å². The number of halogens is 1. The van der Waals surface area contributed by atoms with Crippen LogP contribution >= 0.6 is 11.8 Å².